The van der Waals surface area contributed by atoms with Crippen molar-refractivity contribution in [2.75, 3.05) is 26.4 Å². The largest absolute Gasteiger partial charge is 0.331 e. The van der Waals surface area contributed by atoms with E-state index in [4.69, 9.17) is 18.1 Å². The summed E-state index contributed by atoms with van der Waals surface area (Å²) in [5, 5.41) is 0. The van der Waals surface area contributed by atoms with E-state index in [-0.39, 0.29) is 0 Å². The minimum atomic E-state index is -0.894. The molecule has 28 heavy (non-hydrogen) atoms. The minimum Gasteiger partial charge on any atom is -0.331 e. The lowest BCUT2D eigenvalue weighted by atomic mass is 10.1. The minimum absolute atomic E-state index is 0.771. The molecule has 0 aliphatic heterocycles. The van der Waals surface area contributed by atoms with Gasteiger partial charge in [-0.05, 0) is 37.3 Å². The van der Waals surface area contributed by atoms with Crippen molar-refractivity contribution in [1.29, 1.82) is 0 Å². The molecule has 2 unspecified atom stereocenters. The Balaban J connectivity index is 3.41. The van der Waals surface area contributed by atoms with Gasteiger partial charge < -0.3 is 18.1 Å². The van der Waals surface area contributed by atoms with Crippen molar-refractivity contribution in [2.24, 2.45) is 0 Å². The van der Waals surface area contributed by atoms with E-state index in [1.54, 1.807) is 0 Å². The van der Waals surface area contributed by atoms with Gasteiger partial charge in [0.05, 0.1) is 26.4 Å². The number of hydrogen-bond donors (Lipinski definition) is 0. The van der Waals surface area contributed by atoms with Crippen molar-refractivity contribution in [3.63, 3.8) is 0 Å². The predicted octanol–water partition coefficient (Wildman–Crippen LogP) is 8.68. The van der Waals surface area contributed by atoms with Crippen LogP contribution in [0.5, 0.6) is 0 Å². The average molecular weight is 435 g/mol. The van der Waals surface area contributed by atoms with Crippen LogP contribution in [0.4, 0.5) is 0 Å². The van der Waals surface area contributed by atoms with Crippen LogP contribution in [0, 0.1) is 0 Å². The summed E-state index contributed by atoms with van der Waals surface area (Å²) >= 11 is 0. The fourth-order valence-corrected chi connectivity index (χ4v) is 4.33. The van der Waals surface area contributed by atoms with Gasteiger partial charge in [-0.2, -0.15) is 0 Å². The molecule has 0 aliphatic rings. The van der Waals surface area contributed by atoms with Crippen LogP contribution in [-0.2, 0) is 18.1 Å². The first-order chi connectivity index (χ1) is 13.8. The van der Waals surface area contributed by atoms with Crippen LogP contribution in [0.15, 0.2) is 24.8 Å². The number of unbranched alkanes of at least 4 members (excludes halogenated alkanes) is 9. The third kappa shape index (κ3) is 19.5. The summed E-state index contributed by atoms with van der Waals surface area (Å²) in [7, 11) is -1.79. The average Bonchev–Trinajstić information content (AvgIpc) is 2.72. The Morgan fingerprint density at radius 3 is 1.07 bits per heavy atom. The standard InChI is InChI=1S/C22H44O4P2/c1-5-9-15-19-23-27(7-3)25-21-17-13-11-12-14-18-22-26-28(8-4)24-20-16-10-6-2/h7-8H,3-6,9-22H2,1-2H3. The van der Waals surface area contributed by atoms with Gasteiger partial charge in [-0.3, -0.25) is 0 Å². The highest BCUT2D eigenvalue weighted by Crippen LogP contribution is 2.40. The molecule has 0 saturated carbocycles. The first kappa shape index (κ1) is 28.2. The first-order valence-corrected chi connectivity index (χ1v) is 13.6. The Labute approximate surface area is 177 Å². The number of hydrogen-bond acceptors (Lipinski definition) is 4. The summed E-state index contributed by atoms with van der Waals surface area (Å²) in [5.74, 6) is 3.62. The van der Waals surface area contributed by atoms with E-state index in [0.717, 1.165) is 52.1 Å². The van der Waals surface area contributed by atoms with Gasteiger partial charge in [0.2, 0.25) is 0 Å². The van der Waals surface area contributed by atoms with Crippen molar-refractivity contribution in [2.45, 2.75) is 90.9 Å². The molecule has 0 aromatic rings. The molecular formula is C22H44O4P2. The van der Waals surface area contributed by atoms with E-state index in [2.05, 4.69) is 27.0 Å². The normalized spacial score (nSPS) is 13.4. The Morgan fingerprint density at radius 2 is 0.786 bits per heavy atom. The zero-order chi connectivity index (χ0) is 20.7. The molecule has 0 heterocycles. The van der Waals surface area contributed by atoms with Crippen LogP contribution in [0.2, 0.25) is 0 Å². The maximum atomic E-state index is 5.79. The zero-order valence-corrected chi connectivity index (χ0v) is 20.2. The van der Waals surface area contributed by atoms with E-state index >= 15 is 0 Å². The van der Waals surface area contributed by atoms with Gasteiger partial charge >= 0.3 is 0 Å². The molecule has 0 aromatic heterocycles. The van der Waals surface area contributed by atoms with Gasteiger partial charge in [-0.25, -0.2) is 0 Å². The summed E-state index contributed by atoms with van der Waals surface area (Å²) in [6, 6.07) is 0. The molecule has 0 radical (unpaired) electrons. The summed E-state index contributed by atoms with van der Waals surface area (Å²) < 4.78 is 23.0. The molecule has 4 nitrogen and oxygen atoms in total. The Morgan fingerprint density at radius 1 is 0.500 bits per heavy atom. The van der Waals surface area contributed by atoms with Crippen LogP contribution < -0.4 is 0 Å². The molecule has 6 heteroatoms. The van der Waals surface area contributed by atoms with Crippen molar-refractivity contribution in [3.8, 4) is 0 Å². The van der Waals surface area contributed by atoms with Crippen molar-refractivity contribution in [3.05, 3.63) is 24.8 Å². The first-order valence-electron chi connectivity index (χ1n) is 11.1. The summed E-state index contributed by atoms with van der Waals surface area (Å²) in [6.07, 6.45) is 14.2. The van der Waals surface area contributed by atoms with Crippen molar-refractivity contribution in [1.82, 2.24) is 0 Å². The maximum Gasteiger partial charge on any atom is 0.196 e. The van der Waals surface area contributed by atoms with E-state index in [1.165, 1.54) is 51.4 Å². The summed E-state index contributed by atoms with van der Waals surface area (Å²) in [4.78, 5) is 0. The Bertz CT molecular complexity index is 310. The van der Waals surface area contributed by atoms with Crippen LogP contribution in [0.25, 0.3) is 0 Å². The quantitative estimate of drug-likeness (QED) is 0.119. The van der Waals surface area contributed by atoms with Crippen LogP contribution in [0.3, 0.4) is 0 Å². The molecule has 2 atom stereocenters. The highest BCUT2D eigenvalue weighted by molar-refractivity contribution is 7.50. The topological polar surface area (TPSA) is 36.9 Å². The Kier molecular flexibility index (Phi) is 23.6. The molecule has 0 saturated heterocycles. The second-order valence-corrected chi connectivity index (χ2v) is 9.71. The van der Waals surface area contributed by atoms with Gasteiger partial charge in [-0.1, -0.05) is 78.4 Å². The maximum absolute atomic E-state index is 5.79. The van der Waals surface area contributed by atoms with Crippen LogP contribution >= 0.6 is 16.8 Å². The monoisotopic (exact) mass is 434 g/mol. The van der Waals surface area contributed by atoms with E-state index < -0.39 is 16.8 Å². The molecule has 0 rings (SSSR count). The molecule has 166 valence electrons. The van der Waals surface area contributed by atoms with Gasteiger partial charge in [0.25, 0.3) is 0 Å². The van der Waals surface area contributed by atoms with E-state index in [9.17, 15) is 0 Å². The molecule has 0 N–H and O–H groups in total. The lowest BCUT2D eigenvalue weighted by Crippen LogP contribution is -1.95. The predicted molar refractivity (Wildman–Crippen MR) is 125 cm³/mol. The highest BCUT2D eigenvalue weighted by Gasteiger charge is 2.06. The molecule has 0 aromatic carbocycles. The molecule has 0 amide bonds. The third-order valence-corrected chi connectivity index (χ3v) is 6.55. The van der Waals surface area contributed by atoms with E-state index in [0.29, 0.717) is 0 Å². The SMILES string of the molecule is C=CP(OCCCCC)OCCCCCCCCOP(C=C)OCCCCC. The summed E-state index contributed by atoms with van der Waals surface area (Å²) in [6.45, 7) is 15.1. The third-order valence-electron chi connectivity index (χ3n) is 4.21. The molecular weight excluding hydrogens is 390 g/mol. The fraction of sp³-hybridized carbons (Fsp3) is 0.818. The second-order valence-electron chi connectivity index (χ2n) is 6.80. The van der Waals surface area contributed by atoms with Gasteiger partial charge in [0.1, 0.15) is 0 Å². The second kappa shape index (κ2) is 23.5. The zero-order valence-electron chi connectivity index (χ0n) is 18.4. The summed E-state index contributed by atoms with van der Waals surface area (Å²) in [5.41, 5.74) is 0. The van der Waals surface area contributed by atoms with Crippen LogP contribution in [-0.4, -0.2) is 26.4 Å². The molecule has 0 spiro atoms. The van der Waals surface area contributed by atoms with Crippen molar-refractivity contribution >= 4 is 16.8 Å². The van der Waals surface area contributed by atoms with Gasteiger partial charge in [0.15, 0.2) is 16.8 Å². The smallest absolute Gasteiger partial charge is 0.196 e. The number of rotatable bonds is 23. The fourth-order valence-electron chi connectivity index (χ4n) is 2.52. The van der Waals surface area contributed by atoms with Gasteiger partial charge in [-0.15, -0.1) is 0 Å². The lowest BCUT2D eigenvalue weighted by Gasteiger charge is -2.14. The molecule has 0 fully saturated rings. The molecule has 0 aliphatic carbocycles. The van der Waals surface area contributed by atoms with Crippen molar-refractivity contribution < 1.29 is 18.1 Å². The highest BCUT2D eigenvalue weighted by atomic mass is 31.2. The van der Waals surface area contributed by atoms with E-state index in [1.807, 2.05) is 11.6 Å². The Hall–Kier alpha value is 0.180. The van der Waals surface area contributed by atoms with Crippen LogP contribution in [0.1, 0.15) is 90.9 Å². The van der Waals surface area contributed by atoms with Gasteiger partial charge in [0, 0.05) is 0 Å². The molecule has 0 bridgehead atoms. The lowest BCUT2D eigenvalue weighted by molar-refractivity contribution is 0.243.